The number of hydrogen-bond donors (Lipinski definition) is 0. The summed E-state index contributed by atoms with van der Waals surface area (Å²) in [6.07, 6.45) is 5.43. The number of nitrogens with zero attached hydrogens (tertiary/aromatic N) is 1. The van der Waals surface area contributed by atoms with Gasteiger partial charge in [-0.15, -0.1) is 0 Å². The van der Waals surface area contributed by atoms with Crippen LogP contribution in [0, 0.1) is 0 Å². The van der Waals surface area contributed by atoms with Crippen molar-refractivity contribution in [2.24, 2.45) is 0 Å². The fraction of sp³-hybridized carbons (Fsp3) is 0.217. The van der Waals surface area contributed by atoms with Gasteiger partial charge >= 0.3 is 5.97 Å². The number of para-hydroxylation sites is 1. The Bertz CT molecular complexity index is 886. The minimum atomic E-state index is -0.555. The lowest BCUT2D eigenvalue weighted by molar-refractivity contribution is -0.143. The highest BCUT2D eigenvalue weighted by Crippen LogP contribution is 2.31. The SMILES string of the molecule is C=CCOc1ccc(/C=C\C(=O)OCC(=O)N2c3ccccc3C[C@@H]2C)cc1. The first-order valence-electron chi connectivity index (χ1n) is 9.17. The summed E-state index contributed by atoms with van der Waals surface area (Å²) < 4.78 is 10.5. The topological polar surface area (TPSA) is 55.8 Å². The lowest BCUT2D eigenvalue weighted by Crippen LogP contribution is -2.38. The van der Waals surface area contributed by atoms with Crippen LogP contribution in [0.5, 0.6) is 5.75 Å². The van der Waals surface area contributed by atoms with Crippen LogP contribution >= 0.6 is 0 Å². The number of fused-ring (bicyclic) bond motifs is 1. The minimum absolute atomic E-state index is 0.0565. The van der Waals surface area contributed by atoms with E-state index in [1.807, 2.05) is 55.5 Å². The van der Waals surface area contributed by atoms with Gasteiger partial charge in [-0.1, -0.05) is 43.0 Å². The van der Waals surface area contributed by atoms with Gasteiger partial charge in [0.15, 0.2) is 6.61 Å². The van der Waals surface area contributed by atoms with Crippen LogP contribution in [0.2, 0.25) is 0 Å². The van der Waals surface area contributed by atoms with Crippen molar-refractivity contribution in [1.29, 1.82) is 0 Å². The van der Waals surface area contributed by atoms with Crippen LogP contribution < -0.4 is 9.64 Å². The molecule has 0 radical (unpaired) electrons. The molecule has 0 N–H and O–H groups in total. The van der Waals surface area contributed by atoms with Gasteiger partial charge in [-0.25, -0.2) is 4.79 Å². The van der Waals surface area contributed by atoms with E-state index < -0.39 is 5.97 Å². The molecule has 2 aromatic carbocycles. The van der Waals surface area contributed by atoms with E-state index in [9.17, 15) is 9.59 Å². The van der Waals surface area contributed by atoms with Gasteiger partial charge in [-0.05, 0) is 48.7 Å². The smallest absolute Gasteiger partial charge is 0.331 e. The number of hydrogen-bond acceptors (Lipinski definition) is 4. The molecular weight excluding hydrogens is 354 g/mol. The van der Waals surface area contributed by atoms with E-state index in [0.29, 0.717) is 6.61 Å². The monoisotopic (exact) mass is 377 g/mol. The Morgan fingerprint density at radius 3 is 2.68 bits per heavy atom. The van der Waals surface area contributed by atoms with Gasteiger partial charge in [0.1, 0.15) is 12.4 Å². The third kappa shape index (κ3) is 4.68. The molecule has 1 amide bonds. The molecule has 0 saturated heterocycles. The molecule has 28 heavy (non-hydrogen) atoms. The zero-order valence-electron chi connectivity index (χ0n) is 15.8. The summed E-state index contributed by atoms with van der Waals surface area (Å²) in [7, 11) is 0. The summed E-state index contributed by atoms with van der Waals surface area (Å²) in [4.78, 5) is 26.2. The van der Waals surface area contributed by atoms with Crippen molar-refractivity contribution in [2.75, 3.05) is 18.1 Å². The van der Waals surface area contributed by atoms with E-state index in [1.54, 1.807) is 17.1 Å². The largest absolute Gasteiger partial charge is 0.490 e. The maximum Gasteiger partial charge on any atom is 0.331 e. The van der Waals surface area contributed by atoms with Crippen molar-refractivity contribution >= 4 is 23.6 Å². The van der Waals surface area contributed by atoms with Crippen molar-refractivity contribution < 1.29 is 19.1 Å². The third-order valence-corrected chi connectivity index (χ3v) is 4.47. The summed E-state index contributed by atoms with van der Waals surface area (Å²) in [5, 5.41) is 0. The van der Waals surface area contributed by atoms with Crippen LogP contribution in [0.25, 0.3) is 6.08 Å². The van der Waals surface area contributed by atoms with Crippen LogP contribution in [-0.4, -0.2) is 31.1 Å². The molecule has 0 unspecified atom stereocenters. The van der Waals surface area contributed by atoms with Crippen molar-refractivity contribution in [3.05, 3.63) is 78.4 Å². The maximum absolute atomic E-state index is 12.5. The fourth-order valence-electron chi connectivity index (χ4n) is 3.19. The molecule has 1 atom stereocenters. The second kappa shape index (κ2) is 9.04. The molecule has 144 valence electrons. The number of carbonyl (C=O) groups is 2. The molecule has 5 heteroatoms. The number of amides is 1. The van der Waals surface area contributed by atoms with E-state index in [2.05, 4.69) is 6.58 Å². The predicted octanol–water partition coefficient (Wildman–Crippen LogP) is 3.79. The van der Waals surface area contributed by atoms with E-state index in [4.69, 9.17) is 9.47 Å². The van der Waals surface area contributed by atoms with Gasteiger partial charge < -0.3 is 14.4 Å². The zero-order chi connectivity index (χ0) is 19.9. The first-order valence-corrected chi connectivity index (χ1v) is 9.17. The lowest BCUT2D eigenvalue weighted by atomic mass is 10.1. The predicted molar refractivity (Wildman–Crippen MR) is 109 cm³/mol. The molecule has 5 nitrogen and oxygen atoms in total. The number of benzene rings is 2. The summed E-state index contributed by atoms with van der Waals surface area (Å²) in [6, 6.07) is 15.1. The van der Waals surface area contributed by atoms with Crippen molar-refractivity contribution in [1.82, 2.24) is 0 Å². The molecule has 0 spiro atoms. The summed E-state index contributed by atoms with van der Waals surface area (Å²) >= 11 is 0. The van der Waals surface area contributed by atoms with Gasteiger partial charge in [0.25, 0.3) is 5.91 Å². The van der Waals surface area contributed by atoms with Crippen LogP contribution in [0.3, 0.4) is 0 Å². The number of anilines is 1. The zero-order valence-corrected chi connectivity index (χ0v) is 15.8. The summed E-state index contributed by atoms with van der Waals surface area (Å²) in [6.45, 7) is 5.74. The molecule has 0 saturated carbocycles. The summed E-state index contributed by atoms with van der Waals surface area (Å²) in [5.74, 6) is -0.0476. The van der Waals surface area contributed by atoms with E-state index in [1.165, 1.54) is 6.08 Å². The Hall–Kier alpha value is -3.34. The van der Waals surface area contributed by atoms with E-state index in [-0.39, 0.29) is 18.6 Å². The Balaban J connectivity index is 1.52. The third-order valence-electron chi connectivity index (χ3n) is 4.47. The Labute approximate surface area is 164 Å². The highest BCUT2D eigenvalue weighted by Gasteiger charge is 2.30. The van der Waals surface area contributed by atoms with Gasteiger partial charge in [0, 0.05) is 17.8 Å². The first-order chi connectivity index (χ1) is 13.6. The highest BCUT2D eigenvalue weighted by atomic mass is 16.5. The number of rotatable bonds is 7. The second-order valence-electron chi connectivity index (χ2n) is 6.56. The van der Waals surface area contributed by atoms with Gasteiger partial charge in [-0.3, -0.25) is 4.79 Å². The average molecular weight is 377 g/mol. The second-order valence-corrected chi connectivity index (χ2v) is 6.56. The molecule has 0 bridgehead atoms. The van der Waals surface area contributed by atoms with E-state index >= 15 is 0 Å². The van der Waals surface area contributed by atoms with Crippen molar-refractivity contribution in [3.8, 4) is 5.75 Å². The van der Waals surface area contributed by atoms with Gasteiger partial charge in [0.05, 0.1) is 0 Å². The van der Waals surface area contributed by atoms with Crippen molar-refractivity contribution in [2.45, 2.75) is 19.4 Å². The molecule has 1 heterocycles. The number of ether oxygens (including phenoxy) is 2. The quantitative estimate of drug-likeness (QED) is 0.419. The van der Waals surface area contributed by atoms with E-state index in [0.717, 1.165) is 29.0 Å². The molecule has 0 fully saturated rings. The molecule has 1 aliphatic heterocycles. The Kier molecular flexibility index (Phi) is 6.27. The Morgan fingerprint density at radius 2 is 1.93 bits per heavy atom. The fourth-order valence-corrected chi connectivity index (χ4v) is 3.19. The lowest BCUT2D eigenvalue weighted by Gasteiger charge is -2.22. The molecule has 1 aliphatic rings. The number of carbonyl (C=O) groups excluding carboxylic acids is 2. The average Bonchev–Trinajstić information content (AvgIpc) is 3.05. The van der Waals surface area contributed by atoms with Crippen LogP contribution in [0.4, 0.5) is 5.69 Å². The summed E-state index contributed by atoms with van der Waals surface area (Å²) in [5.41, 5.74) is 2.86. The standard InChI is InChI=1S/C23H23NO4/c1-3-14-27-20-11-8-18(9-12-20)10-13-23(26)28-16-22(25)24-17(2)15-19-6-4-5-7-21(19)24/h3-13,17H,1,14-16H2,2H3/b13-10-/t17-/m0/s1. The normalized spacial score (nSPS) is 15.3. The first kappa shape index (κ1) is 19.4. The van der Waals surface area contributed by atoms with Gasteiger partial charge in [-0.2, -0.15) is 0 Å². The molecule has 0 aliphatic carbocycles. The maximum atomic E-state index is 12.5. The van der Waals surface area contributed by atoms with Crippen LogP contribution in [0.1, 0.15) is 18.1 Å². The van der Waals surface area contributed by atoms with Crippen LogP contribution in [-0.2, 0) is 20.7 Å². The van der Waals surface area contributed by atoms with Crippen molar-refractivity contribution in [3.63, 3.8) is 0 Å². The Morgan fingerprint density at radius 1 is 1.18 bits per heavy atom. The number of esters is 1. The van der Waals surface area contributed by atoms with Gasteiger partial charge in [0.2, 0.25) is 0 Å². The molecule has 2 aromatic rings. The van der Waals surface area contributed by atoms with Crippen LogP contribution in [0.15, 0.2) is 67.3 Å². The molecule has 3 rings (SSSR count). The molecule has 0 aromatic heterocycles. The molecular formula is C23H23NO4. The minimum Gasteiger partial charge on any atom is -0.490 e. The highest BCUT2D eigenvalue weighted by molar-refractivity contribution is 5.98.